The molecule has 0 unspecified atom stereocenters. The van der Waals surface area contributed by atoms with E-state index >= 15 is 0 Å². The Labute approximate surface area is 133 Å². The van der Waals surface area contributed by atoms with Crippen molar-refractivity contribution < 1.29 is 0 Å². The van der Waals surface area contributed by atoms with Crippen molar-refractivity contribution in [3.63, 3.8) is 0 Å². The largest absolute Gasteiger partial charge is 0.303 e. The fraction of sp³-hybridized carbons (Fsp3) is 0.778. The van der Waals surface area contributed by atoms with Crippen LogP contribution >= 0.6 is 0 Å². The minimum Gasteiger partial charge on any atom is -0.303 e. The van der Waals surface area contributed by atoms with Gasteiger partial charge in [0.2, 0.25) is 0 Å². The molecule has 3 rings (SSSR count). The topological polar surface area (TPSA) is 49.0 Å². The number of unbranched alkanes of at least 4 members (excludes halogenated alkanes) is 2. The number of likely N-dealkylation sites (tertiary alicyclic amines) is 1. The standard InChI is InChI=1S/C18H29N3O/c22-18-16-10-5-4-9-15(16)17(19-20-18)11-3-1-6-12-21-13-7-2-8-14-21/h1-14H2,(H,20,22). The van der Waals surface area contributed by atoms with Gasteiger partial charge in [-0.25, -0.2) is 5.10 Å². The van der Waals surface area contributed by atoms with Crippen molar-refractivity contribution in [2.45, 2.75) is 70.6 Å². The molecular weight excluding hydrogens is 274 g/mol. The highest BCUT2D eigenvalue weighted by Crippen LogP contribution is 2.21. The zero-order chi connectivity index (χ0) is 15.2. The molecule has 4 heteroatoms. The van der Waals surface area contributed by atoms with E-state index in [1.807, 2.05) is 0 Å². The molecule has 2 heterocycles. The fourth-order valence-corrected chi connectivity index (χ4v) is 3.92. The lowest BCUT2D eigenvalue weighted by molar-refractivity contribution is 0.224. The van der Waals surface area contributed by atoms with Crippen molar-refractivity contribution in [2.24, 2.45) is 0 Å². The van der Waals surface area contributed by atoms with E-state index in [1.165, 1.54) is 70.1 Å². The van der Waals surface area contributed by atoms with Crippen molar-refractivity contribution >= 4 is 0 Å². The SMILES string of the molecule is O=c1[nH]nc(CCCCCN2CCCCC2)c2c1CCCC2. The summed E-state index contributed by atoms with van der Waals surface area (Å²) in [6, 6.07) is 0. The second-order valence-electron chi connectivity index (χ2n) is 6.88. The Bertz CT molecular complexity index is 532. The molecule has 1 aromatic rings. The normalized spacial score (nSPS) is 19.1. The molecule has 1 aliphatic carbocycles. The van der Waals surface area contributed by atoms with Gasteiger partial charge in [0.1, 0.15) is 0 Å². The summed E-state index contributed by atoms with van der Waals surface area (Å²) in [5.74, 6) is 0. The summed E-state index contributed by atoms with van der Waals surface area (Å²) in [6.45, 7) is 3.86. The molecule has 0 amide bonds. The van der Waals surface area contributed by atoms with Crippen LogP contribution < -0.4 is 5.56 Å². The number of piperidine rings is 1. The van der Waals surface area contributed by atoms with E-state index in [0.717, 1.165) is 36.9 Å². The Hall–Kier alpha value is -1.16. The third-order valence-electron chi connectivity index (χ3n) is 5.22. The van der Waals surface area contributed by atoms with Crippen molar-refractivity contribution in [1.82, 2.24) is 15.1 Å². The molecular formula is C18H29N3O. The maximum Gasteiger partial charge on any atom is 0.267 e. The lowest BCUT2D eigenvalue weighted by Crippen LogP contribution is -2.30. The van der Waals surface area contributed by atoms with Gasteiger partial charge in [0.15, 0.2) is 0 Å². The number of hydrogen-bond donors (Lipinski definition) is 1. The Kier molecular flexibility index (Phi) is 5.65. The minimum atomic E-state index is 0.0450. The van der Waals surface area contributed by atoms with Gasteiger partial charge >= 0.3 is 0 Å². The second-order valence-corrected chi connectivity index (χ2v) is 6.88. The third-order valence-corrected chi connectivity index (χ3v) is 5.22. The number of H-pyrrole nitrogens is 1. The molecule has 0 aromatic carbocycles. The summed E-state index contributed by atoms with van der Waals surface area (Å²) >= 11 is 0. The zero-order valence-corrected chi connectivity index (χ0v) is 13.7. The molecule has 2 aliphatic rings. The molecule has 0 saturated carbocycles. The first-order chi connectivity index (χ1) is 10.8. The Morgan fingerprint density at radius 1 is 0.909 bits per heavy atom. The lowest BCUT2D eigenvalue weighted by atomic mass is 9.90. The van der Waals surface area contributed by atoms with Crippen LogP contribution in [-0.2, 0) is 19.3 Å². The average molecular weight is 303 g/mol. The van der Waals surface area contributed by atoms with E-state index < -0.39 is 0 Å². The van der Waals surface area contributed by atoms with E-state index in [0.29, 0.717) is 0 Å². The summed E-state index contributed by atoms with van der Waals surface area (Å²) in [7, 11) is 0. The molecule has 0 spiro atoms. The van der Waals surface area contributed by atoms with Crippen LogP contribution in [0.5, 0.6) is 0 Å². The molecule has 1 aromatic heterocycles. The molecule has 0 atom stereocenters. The number of nitrogens with zero attached hydrogens (tertiary/aromatic N) is 2. The average Bonchev–Trinajstić information content (AvgIpc) is 2.58. The molecule has 122 valence electrons. The first-order valence-electron chi connectivity index (χ1n) is 9.16. The number of aromatic amines is 1. The Balaban J connectivity index is 1.44. The molecule has 0 radical (unpaired) electrons. The lowest BCUT2D eigenvalue weighted by Gasteiger charge is -2.26. The van der Waals surface area contributed by atoms with Gasteiger partial charge in [-0.05, 0) is 83.0 Å². The van der Waals surface area contributed by atoms with Gasteiger partial charge < -0.3 is 4.90 Å². The van der Waals surface area contributed by atoms with E-state index in [9.17, 15) is 4.79 Å². The monoisotopic (exact) mass is 303 g/mol. The van der Waals surface area contributed by atoms with Gasteiger partial charge in [-0.2, -0.15) is 5.10 Å². The van der Waals surface area contributed by atoms with Crippen molar-refractivity contribution in [2.75, 3.05) is 19.6 Å². The van der Waals surface area contributed by atoms with Gasteiger partial charge in [-0.1, -0.05) is 12.8 Å². The van der Waals surface area contributed by atoms with Crippen molar-refractivity contribution in [1.29, 1.82) is 0 Å². The first kappa shape index (κ1) is 15.7. The van der Waals surface area contributed by atoms with E-state index in [4.69, 9.17) is 0 Å². The number of aromatic nitrogens is 2. The predicted octanol–water partition coefficient (Wildman–Crippen LogP) is 2.85. The van der Waals surface area contributed by atoms with E-state index in [1.54, 1.807) is 0 Å². The minimum absolute atomic E-state index is 0.0450. The quantitative estimate of drug-likeness (QED) is 0.822. The van der Waals surface area contributed by atoms with Gasteiger partial charge in [0.25, 0.3) is 5.56 Å². The second kappa shape index (κ2) is 7.91. The van der Waals surface area contributed by atoms with Crippen LogP contribution in [0, 0.1) is 0 Å². The number of rotatable bonds is 6. The van der Waals surface area contributed by atoms with E-state index in [-0.39, 0.29) is 5.56 Å². The van der Waals surface area contributed by atoms with Crippen LogP contribution in [0.1, 0.15) is 68.2 Å². The molecule has 1 saturated heterocycles. The summed E-state index contributed by atoms with van der Waals surface area (Å²) in [6.07, 6.45) is 13.3. The number of nitrogens with one attached hydrogen (secondary N) is 1. The van der Waals surface area contributed by atoms with Gasteiger partial charge in [-0.15, -0.1) is 0 Å². The molecule has 0 bridgehead atoms. The summed E-state index contributed by atoms with van der Waals surface area (Å²) in [4.78, 5) is 14.5. The van der Waals surface area contributed by atoms with Crippen LogP contribution in [0.2, 0.25) is 0 Å². The van der Waals surface area contributed by atoms with Crippen LogP contribution in [0.3, 0.4) is 0 Å². The highest BCUT2D eigenvalue weighted by molar-refractivity contribution is 5.30. The van der Waals surface area contributed by atoms with Crippen LogP contribution in [-0.4, -0.2) is 34.7 Å². The molecule has 1 N–H and O–H groups in total. The van der Waals surface area contributed by atoms with Crippen LogP contribution in [0.15, 0.2) is 4.79 Å². The Morgan fingerprint density at radius 2 is 1.68 bits per heavy atom. The Morgan fingerprint density at radius 3 is 2.50 bits per heavy atom. The summed E-state index contributed by atoms with van der Waals surface area (Å²) in [5.41, 5.74) is 3.49. The number of aryl methyl sites for hydroxylation is 1. The van der Waals surface area contributed by atoms with Gasteiger partial charge in [0, 0.05) is 5.56 Å². The molecule has 1 fully saturated rings. The van der Waals surface area contributed by atoms with Gasteiger partial charge in [0.05, 0.1) is 5.69 Å². The van der Waals surface area contributed by atoms with E-state index in [2.05, 4.69) is 15.1 Å². The smallest absolute Gasteiger partial charge is 0.267 e. The van der Waals surface area contributed by atoms with Crippen molar-refractivity contribution in [3.05, 3.63) is 27.2 Å². The highest BCUT2D eigenvalue weighted by Gasteiger charge is 2.17. The summed E-state index contributed by atoms with van der Waals surface area (Å²) < 4.78 is 0. The predicted molar refractivity (Wildman–Crippen MR) is 89.3 cm³/mol. The number of fused-ring (bicyclic) bond motifs is 1. The number of hydrogen-bond acceptors (Lipinski definition) is 3. The maximum atomic E-state index is 11.8. The molecule has 4 nitrogen and oxygen atoms in total. The maximum absolute atomic E-state index is 11.8. The first-order valence-corrected chi connectivity index (χ1v) is 9.16. The van der Waals surface area contributed by atoms with Crippen molar-refractivity contribution in [3.8, 4) is 0 Å². The van der Waals surface area contributed by atoms with Crippen LogP contribution in [0.25, 0.3) is 0 Å². The zero-order valence-electron chi connectivity index (χ0n) is 13.7. The molecule has 22 heavy (non-hydrogen) atoms. The fourth-order valence-electron chi connectivity index (χ4n) is 3.92. The molecule has 1 aliphatic heterocycles. The van der Waals surface area contributed by atoms with Crippen LogP contribution in [0.4, 0.5) is 0 Å². The van der Waals surface area contributed by atoms with Gasteiger partial charge in [-0.3, -0.25) is 4.79 Å². The highest BCUT2D eigenvalue weighted by atomic mass is 16.1. The summed E-state index contributed by atoms with van der Waals surface area (Å²) in [5, 5.41) is 7.04. The third kappa shape index (κ3) is 3.97.